The van der Waals surface area contributed by atoms with Crippen LogP contribution in [0.2, 0.25) is 0 Å². The summed E-state index contributed by atoms with van der Waals surface area (Å²) in [7, 11) is 0. The van der Waals surface area contributed by atoms with Crippen molar-refractivity contribution in [1.29, 1.82) is 0 Å². The zero-order chi connectivity index (χ0) is 15.1. The maximum atomic E-state index is 11.9. The van der Waals surface area contributed by atoms with Crippen LogP contribution in [0.3, 0.4) is 0 Å². The molecule has 1 saturated heterocycles. The SMILES string of the molecule is Cc1cc(N)ccc1NC(=O)CCCSCC1CCCO1. The Morgan fingerprint density at radius 2 is 2.38 bits per heavy atom. The molecule has 1 aromatic rings. The second kappa shape index (κ2) is 8.29. The van der Waals surface area contributed by atoms with Crippen molar-refractivity contribution in [2.45, 2.75) is 38.7 Å². The highest BCUT2D eigenvalue weighted by Gasteiger charge is 2.14. The van der Waals surface area contributed by atoms with E-state index < -0.39 is 0 Å². The van der Waals surface area contributed by atoms with Crippen LogP contribution >= 0.6 is 11.8 Å². The van der Waals surface area contributed by atoms with E-state index in [1.807, 2.05) is 30.8 Å². The third kappa shape index (κ3) is 5.59. The molecule has 0 aromatic heterocycles. The maximum Gasteiger partial charge on any atom is 0.224 e. The Hall–Kier alpha value is -1.20. The Kier molecular flexibility index (Phi) is 6.39. The average Bonchev–Trinajstić information content (AvgIpc) is 2.95. The van der Waals surface area contributed by atoms with Gasteiger partial charge in [-0.05, 0) is 55.7 Å². The minimum Gasteiger partial charge on any atom is -0.399 e. The number of rotatable bonds is 7. The predicted octanol–water partition coefficient (Wildman–Crippen LogP) is 3.21. The number of nitrogen functional groups attached to an aromatic ring is 1. The van der Waals surface area contributed by atoms with Gasteiger partial charge >= 0.3 is 0 Å². The van der Waals surface area contributed by atoms with Crippen molar-refractivity contribution in [2.75, 3.05) is 29.2 Å². The summed E-state index contributed by atoms with van der Waals surface area (Å²) in [5.74, 6) is 2.13. The molecule has 1 atom stereocenters. The Labute approximate surface area is 130 Å². The van der Waals surface area contributed by atoms with Crippen LogP contribution in [0.5, 0.6) is 0 Å². The van der Waals surface area contributed by atoms with Crippen molar-refractivity contribution in [1.82, 2.24) is 0 Å². The first kappa shape index (κ1) is 16.2. The highest BCUT2D eigenvalue weighted by molar-refractivity contribution is 7.99. The number of thioether (sulfide) groups is 1. The molecule has 1 aliphatic rings. The molecular formula is C16H24N2O2S. The van der Waals surface area contributed by atoms with Gasteiger partial charge in [0, 0.05) is 30.2 Å². The molecule has 0 aliphatic carbocycles. The van der Waals surface area contributed by atoms with Crippen molar-refractivity contribution in [3.05, 3.63) is 23.8 Å². The third-order valence-electron chi connectivity index (χ3n) is 3.54. The van der Waals surface area contributed by atoms with Gasteiger partial charge in [0.1, 0.15) is 0 Å². The Morgan fingerprint density at radius 3 is 3.10 bits per heavy atom. The monoisotopic (exact) mass is 308 g/mol. The first-order valence-electron chi connectivity index (χ1n) is 7.50. The summed E-state index contributed by atoms with van der Waals surface area (Å²) in [5, 5.41) is 2.94. The van der Waals surface area contributed by atoms with Crippen LogP contribution in [0.1, 0.15) is 31.2 Å². The van der Waals surface area contributed by atoms with Crippen LogP contribution in [0.15, 0.2) is 18.2 Å². The topological polar surface area (TPSA) is 64.3 Å². The van der Waals surface area contributed by atoms with E-state index in [0.717, 1.165) is 41.5 Å². The van der Waals surface area contributed by atoms with Gasteiger partial charge < -0.3 is 15.8 Å². The molecule has 116 valence electrons. The number of nitrogens with two attached hydrogens (primary N) is 1. The van der Waals surface area contributed by atoms with E-state index in [9.17, 15) is 4.79 Å². The van der Waals surface area contributed by atoms with E-state index in [1.54, 1.807) is 6.07 Å². The third-order valence-corrected chi connectivity index (χ3v) is 4.73. The first-order chi connectivity index (χ1) is 10.1. The van der Waals surface area contributed by atoms with Crippen LogP contribution in [0.4, 0.5) is 11.4 Å². The number of anilines is 2. The molecule has 1 fully saturated rings. The number of benzene rings is 1. The number of hydrogen-bond acceptors (Lipinski definition) is 4. The van der Waals surface area contributed by atoms with Gasteiger partial charge in [-0.2, -0.15) is 11.8 Å². The van der Waals surface area contributed by atoms with Gasteiger partial charge in [0.25, 0.3) is 0 Å². The zero-order valence-electron chi connectivity index (χ0n) is 12.6. The summed E-state index contributed by atoms with van der Waals surface area (Å²) in [5.41, 5.74) is 8.26. The second-order valence-electron chi connectivity index (χ2n) is 5.44. The van der Waals surface area contributed by atoms with E-state index in [-0.39, 0.29) is 5.91 Å². The molecule has 1 amide bonds. The minimum atomic E-state index is 0.0700. The fourth-order valence-electron chi connectivity index (χ4n) is 2.37. The highest BCUT2D eigenvalue weighted by atomic mass is 32.2. The predicted molar refractivity (Wildman–Crippen MR) is 89.8 cm³/mol. The Morgan fingerprint density at radius 1 is 1.52 bits per heavy atom. The van der Waals surface area contributed by atoms with Gasteiger partial charge in [-0.25, -0.2) is 0 Å². The van der Waals surface area contributed by atoms with Gasteiger partial charge in [-0.3, -0.25) is 4.79 Å². The molecule has 1 unspecified atom stereocenters. The fraction of sp³-hybridized carbons (Fsp3) is 0.562. The summed E-state index contributed by atoms with van der Waals surface area (Å²) < 4.78 is 5.57. The largest absolute Gasteiger partial charge is 0.399 e. The molecule has 4 nitrogen and oxygen atoms in total. The molecular weight excluding hydrogens is 284 g/mol. The molecule has 1 aliphatic heterocycles. The number of hydrogen-bond donors (Lipinski definition) is 2. The van der Waals surface area contributed by atoms with Crippen LogP contribution < -0.4 is 11.1 Å². The smallest absolute Gasteiger partial charge is 0.224 e. The van der Waals surface area contributed by atoms with E-state index in [0.29, 0.717) is 12.5 Å². The molecule has 0 radical (unpaired) electrons. The van der Waals surface area contributed by atoms with Crippen LogP contribution in [0.25, 0.3) is 0 Å². The zero-order valence-corrected chi connectivity index (χ0v) is 13.4. The number of amides is 1. The minimum absolute atomic E-state index is 0.0700. The quantitative estimate of drug-likeness (QED) is 0.600. The Balaban J connectivity index is 1.60. The maximum absolute atomic E-state index is 11.9. The van der Waals surface area contributed by atoms with Gasteiger partial charge in [-0.15, -0.1) is 0 Å². The summed E-state index contributed by atoms with van der Waals surface area (Å²) in [6.45, 7) is 2.86. The van der Waals surface area contributed by atoms with Gasteiger partial charge in [0.05, 0.1) is 6.10 Å². The van der Waals surface area contributed by atoms with Crippen molar-refractivity contribution in [2.24, 2.45) is 0 Å². The number of ether oxygens (including phenoxy) is 1. The van der Waals surface area contributed by atoms with E-state index >= 15 is 0 Å². The van der Waals surface area contributed by atoms with Crippen LogP contribution in [-0.4, -0.2) is 30.1 Å². The van der Waals surface area contributed by atoms with E-state index in [2.05, 4.69) is 5.32 Å². The molecule has 1 heterocycles. The van der Waals surface area contributed by atoms with Crippen LogP contribution in [-0.2, 0) is 9.53 Å². The normalized spacial score (nSPS) is 17.9. The summed E-state index contributed by atoms with van der Waals surface area (Å²) in [6, 6.07) is 5.53. The van der Waals surface area contributed by atoms with Crippen molar-refractivity contribution in [3.8, 4) is 0 Å². The molecule has 0 bridgehead atoms. The molecule has 5 heteroatoms. The number of nitrogens with one attached hydrogen (secondary N) is 1. The van der Waals surface area contributed by atoms with Crippen LogP contribution in [0, 0.1) is 6.92 Å². The summed E-state index contributed by atoms with van der Waals surface area (Å²) >= 11 is 1.88. The van der Waals surface area contributed by atoms with Gasteiger partial charge in [0.2, 0.25) is 5.91 Å². The fourth-order valence-corrected chi connectivity index (χ4v) is 3.41. The van der Waals surface area contributed by atoms with Gasteiger partial charge in [-0.1, -0.05) is 0 Å². The van der Waals surface area contributed by atoms with Gasteiger partial charge in [0.15, 0.2) is 0 Å². The highest BCUT2D eigenvalue weighted by Crippen LogP contribution is 2.19. The summed E-state index contributed by atoms with van der Waals surface area (Å²) in [6.07, 6.45) is 4.26. The number of carbonyl (C=O) groups is 1. The lowest BCUT2D eigenvalue weighted by atomic mass is 10.1. The average molecular weight is 308 g/mol. The standard InChI is InChI=1S/C16H24N2O2S/c1-12-10-13(17)6-7-15(12)18-16(19)5-3-9-21-11-14-4-2-8-20-14/h6-7,10,14H,2-5,8-9,11,17H2,1H3,(H,18,19). The molecule has 0 spiro atoms. The summed E-state index contributed by atoms with van der Waals surface area (Å²) in [4.78, 5) is 11.9. The molecule has 21 heavy (non-hydrogen) atoms. The van der Waals surface area contributed by atoms with Crippen molar-refractivity contribution < 1.29 is 9.53 Å². The molecule has 1 aromatic carbocycles. The molecule has 3 N–H and O–H groups in total. The molecule has 2 rings (SSSR count). The lowest BCUT2D eigenvalue weighted by Crippen LogP contribution is -2.13. The lowest BCUT2D eigenvalue weighted by molar-refractivity contribution is -0.116. The van der Waals surface area contributed by atoms with Crippen molar-refractivity contribution in [3.63, 3.8) is 0 Å². The number of aryl methyl sites for hydroxylation is 1. The lowest BCUT2D eigenvalue weighted by Gasteiger charge is -2.10. The molecule has 0 saturated carbocycles. The van der Waals surface area contributed by atoms with Crippen molar-refractivity contribution >= 4 is 29.0 Å². The first-order valence-corrected chi connectivity index (χ1v) is 8.66. The number of carbonyl (C=O) groups excluding carboxylic acids is 1. The van der Waals surface area contributed by atoms with E-state index in [1.165, 1.54) is 12.8 Å². The Bertz CT molecular complexity index is 473. The van der Waals surface area contributed by atoms with E-state index in [4.69, 9.17) is 10.5 Å². The second-order valence-corrected chi connectivity index (χ2v) is 6.59.